The van der Waals surface area contributed by atoms with Crippen molar-refractivity contribution in [3.05, 3.63) is 29.5 Å². The van der Waals surface area contributed by atoms with Crippen molar-refractivity contribution in [1.29, 1.82) is 0 Å². The number of benzene rings is 1. The Labute approximate surface area is 121 Å². The van der Waals surface area contributed by atoms with Gasteiger partial charge in [0.15, 0.2) is 5.76 Å². The van der Waals surface area contributed by atoms with Crippen molar-refractivity contribution in [2.75, 3.05) is 0 Å². The minimum absolute atomic E-state index is 0.108. The molecule has 7 nitrogen and oxygen atoms in total. The van der Waals surface area contributed by atoms with Gasteiger partial charge in [0.25, 0.3) is 6.10 Å². The van der Waals surface area contributed by atoms with Gasteiger partial charge in [-0.25, -0.2) is 18.4 Å². The summed E-state index contributed by atoms with van der Waals surface area (Å²) in [4.78, 5) is 10.1. The van der Waals surface area contributed by atoms with Crippen LogP contribution in [0.5, 0.6) is 5.75 Å². The van der Waals surface area contributed by atoms with Crippen LogP contribution in [0.1, 0.15) is 5.56 Å². The molecule has 0 saturated carbocycles. The van der Waals surface area contributed by atoms with Crippen molar-refractivity contribution >= 4 is 22.3 Å². The maximum absolute atomic E-state index is 12.8. The van der Waals surface area contributed by atoms with E-state index in [1.54, 1.807) is 0 Å². The van der Waals surface area contributed by atoms with Crippen molar-refractivity contribution in [3.63, 3.8) is 0 Å². The average molecular weight is 339 g/mol. The zero-order chi connectivity index (χ0) is 16.7. The van der Waals surface area contributed by atoms with E-state index in [-0.39, 0.29) is 16.2 Å². The summed E-state index contributed by atoms with van der Waals surface area (Å²) in [5.74, 6) is -1.31. The first kappa shape index (κ1) is 16.1. The maximum atomic E-state index is 12.8. The number of carboxylic acid groups (broad SMARTS) is 1. The van der Waals surface area contributed by atoms with E-state index in [1.807, 2.05) is 0 Å². The lowest BCUT2D eigenvalue weighted by Gasteiger charge is -2.27. The number of fused-ring (bicyclic) bond motifs is 1. The van der Waals surface area contributed by atoms with Gasteiger partial charge in [-0.3, -0.25) is 0 Å². The molecule has 1 atom stereocenters. The van der Waals surface area contributed by atoms with E-state index in [0.29, 0.717) is 0 Å². The molecule has 3 N–H and O–H groups in total. The second-order valence-electron chi connectivity index (χ2n) is 4.20. The summed E-state index contributed by atoms with van der Waals surface area (Å²) in [5.41, 5.74) is -0.108. The summed E-state index contributed by atoms with van der Waals surface area (Å²) in [6.45, 7) is 0. The topological polar surface area (TPSA) is 116 Å². The monoisotopic (exact) mass is 339 g/mol. The van der Waals surface area contributed by atoms with Crippen LogP contribution in [-0.2, 0) is 14.8 Å². The van der Waals surface area contributed by atoms with Gasteiger partial charge in [-0.15, -0.1) is 0 Å². The third-order valence-electron chi connectivity index (χ3n) is 2.61. The molecule has 1 unspecified atom stereocenters. The van der Waals surface area contributed by atoms with Crippen LogP contribution in [0, 0.1) is 0 Å². The molecule has 0 aromatic heterocycles. The van der Waals surface area contributed by atoms with Crippen LogP contribution in [0.15, 0.2) is 28.9 Å². The Balaban J connectivity index is 2.54. The van der Waals surface area contributed by atoms with Gasteiger partial charge in [0.05, 0.1) is 4.90 Å². The van der Waals surface area contributed by atoms with Gasteiger partial charge in [-0.05, 0) is 24.3 Å². The Morgan fingerprint density at radius 1 is 1.36 bits per heavy atom. The zero-order valence-corrected chi connectivity index (χ0v) is 11.3. The number of rotatable bonds is 2. The van der Waals surface area contributed by atoms with E-state index < -0.39 is 34.2 Å². The highest BCUT2D eigenvalue weighted by molar-refractivity contribution is 7.89. The van der Waals surface area contributed by atoms with Crippen LogP contribution >= 0.6 is 0 Å². The Kier molecular flexibility index (Phi) is 3.79. The van der Waals surface area contributed by atoms with Crippen molar-refractivity contribution < 1.29 is 41.0 Å². The molecule has 120 valence electrons. The second-order valence-corrected chi connectivity index (χ2v) is 5.76. The number of hydrogen-bond donors (Lipinski definition) is 2. The predicted molar refractivity (Wildman–Crippen MR) is 65.4 cm³/mol. The van der Waals surface area contributed by atoms with E-state index >= 15 is 0 Å². The lowest BCUT2D eigenvalue weighted by atomic mass is 10.1. The van der Waals surface area contributed by atoms with Crippen molar-refractivity contribution in [1.82, 2.24) is 0 Å². The smallest absolute Gasteiger partial charge is 0.472 e. The Morgan fingerprint density at radius 2 is 2.00 bits per heavy atom. The number of primary sulfonamides is 1. The molecule has 0 saturated heterocycles. The molecule has 0 amide bonds. The van der Waals surface area contributed by atoms with Crippen molar-refractivity contribution in [2.45, 2.75) is 17.2 Å². The number of carbonyl (C=O) groups is 1. The molecular formula is C11H8F3NO6S. The molecule has 1 heterocycles. The zero-order valence-electron chi connectivity index (χ0n) is 10.5. The van der Waals surface area contributed by atoms with Crippen LogP contribution in [-0.4, -0.2) is 32.0 Å². The normalized spacial score (nSPS) is 18.0. The number of hydrogen-bond acceptors (Lipinski definition) is 5. The number of nitrogens with two attached hydrogens (primary N) is 1. The fraction of sp³-hybridized carbons (Fsp3) is 0.182. The highest BCUT2D eigenvalue weighted by Crippen LogP contribution is 2.38. The summed E-state index contributed by atoms with van der Waals surface area (Å²) >= 11 is 0. The molecule has 22 heavy (non-hydrogen) atoms. The highest BCUT2D eigenvalue weighted by atomic mass is 32.2. The van der Waals surface area contributed by atoms with Gasteiger partial charge in [0.2, 0.25) is 10.0 Å². The number of halogens is 3. The molecule has 0 aliphatic carbocycles. The van der Waals surface area contributed by atoms with Crippen LogP contribution in [0.2, 0.25) is 0 Å². The van der Waals surface area contributed by atoms with Gasteiger partial charge in [-0.1, -0.05) is 0 Å². The van der Waals surface area contributed by atoms with E-state index in [4.69, 9.17) is 10.2 Å². The minimum atomic E-state index is -4.92. The lowest BCUT2D eigenvalue weighted by Crippen LogP contribution is -2.39. The van der Waals surface area contributed by atoms with E-state index in [2.05, 4.69) is 9.47 Å². The first-order chi connectivity index (χ1) is 9.98. The number of alkyl halides is 3. The van der Waals surface area contributed by atoms with Gasteiger partial charge >= 0.3 is 12.3 Å². The third kappa shape index (κ3) is 3.31. The van der Waals surface area contributed by atoms with Crippen molar-refractivity contribution in [3.8, 4) is 5.75 Å². The molecule has 11 heteroatoms. The maximum Gasteiger partial charge on any atom is 0.511 e. The molecule has 1 aliphatic rings. The van der Waals surface area contributed by atoms with Crippen molar-refractivity contribution in [2.24, 2.45) is 5.14 Å². The second kappa shape index (κ2) is 5.18. The third-order valence-corrected chi connectivity index (χ3v) is 3.52. The fourth-order valence-corrected chi connectivity index (χ4v) is 2.30. The Bertz CT molecular complexity index is 756. The van der Waals surface area contributed by atoms with E-state index in [9.17, 15) is 26.4 Å². The first-order valence-corrected chi connectivity index (χ1v) is 7.05. The fourth-order valence-electron chi connectivity index (χ4n) is 1.75. The SMILES string of the molecule is NS(=O)(=O)c1ccc2c(c1)C=C(OC(=O)O)C(C(F)(F)F)O2. The molecule has 1 aromatic carbocycles. The standard InChI is InChI=1S/C11H8F3NO6S/c12-11(13,14)9-8(21-10(16)17)4-5-3-6(22(15,18)19)1-2-7(5)20-9/h1-4,9H,(H,16,17)(H2,15,18,19). The summed E-state index contributed by atoms with van der Waals surface area (Å²) in [6, 6.07) is 2.91. The molecular weight excluding hydrogens is 331 g/mol. The lowest BCUT2D eigenvalue weighted by molar-refractivity contribution is -0.191. The number of sulfonamides is 1. The summed E-state index contributed by atoms with van der Waals surface area (Å²) in [6.07, 6.45) is -8.76. The summed E-state index contributed by atoms with van der Waals surface area (Å²) in [7, 11) is -4.08. The molecule has 0 radical (unpaired) electrons. The van der Waals surface area contributed by atoms with Crippen LogP contribution in [0.4, 0.5) is 18.0 Å². The quantitative estimate of drug-likeness (QED) is 0.792. The van der Waals surface area contributed by atoms with Gasteiger partial charge in [0, 0.05) is 5.56 Å². The molecule has 2 rings (SSSR count). The molecule has 0 bridgehead atoms. The predicted octanol–water partition coefficient (Wildman–Crippen LogP) is 1.69. The largest absolute Gasteiger partial charge is 0.511 e. The minimum Gasteiger partial charge on any atom is -0.472 e. The highest BCUT2D eigenvalue weighted by Gasteiger charge is 2.48. The van der Waals surface area contributed by atoms with Gasteiger partial charge in [-0.2, -0.15) is 13.2 Å². The molecule has 1 aliphatic heterocycles. The first-order valence-electron chi connectivity index (χ1n) is 5.51. The molecule has 0 fully saturated rings. The Morgan fingerprint density at radius 3 is 2.50 bits per heavy atom. The van der Waals surface area contributed by atoms with Crippen LogP contribution in [0.25, 0.3) is 6.08 Å². The van der Waals surface area contributed by atoms with Gasteiger partial charge in [0.1, 0.15) is 5.75 Å². The summed E-state index contributed by atoms with van der Waals surface area (Å²) < 4.78 is 69.7. The number of ether oxygens (including phenoxy) is 2. The van der Waals surface area contributed by atoms with Gasteiger partial charge < -0.3 is 14.6 Å². The van der Waals surface area contributed by atoms with Crippen LogP contribution < -0.4 is 9.88 Å². The molecule has 1 aromatic rings. The summed E-state index contributed by atoms with van der Waals surface area (Å²) in [5, 5.41) is 13.4. The van der Waals surface area contributed by atoms with E-state index in [0.717, 1.165) is 24.3 Å². The Hall–Kier alpha value is -2.27. The average Bonchev–Trinajstić information content (AvgIpc) is 2.34. The van der Waals surface area contributed by atoms with Crippen LogP contribution in [0.3, 0.4) is 0 Å². The van der Waals surface area contributed by atoms with E-state index in [1.165, 1.54) is 0 Å². The molecule has 0 spiro atoms.